The van der Waals surface area contributed by atoms with Crippen LogP contribution in [0, 0.1) is 5.92 Å². The molecule has 3 nitrogen and oxygen atoms in total. The molecule has 0 spiro atoms. The Labute approximate surface area is 158 Å². The van der Waals surface area contributed by atoms with Gasteiger partial charge in [-0.2, -0.15) is 0 Å². The highest BCUT2D eigenvalue weighted by Gasteiger charge is 2.37. The van der Waals surface area contributed by atoms with Crippen LogP contribution in [0.3, 0.4) is 0 Å². The van der Waals surface area contributed by atoms with Crippen LogP contribution in [0.4, 0.5) is 0 Å². The number of aromatic hydroxyl groups is 1. The Balaban J connectivity index is 1.92. The number of hydrogen-bond acceptors (Lipinski definition) is 3. The highest BCUT2D eigenvalue weighted by molar-refractivity contribution is 5.82. The van der Waals surface area contributed by atoms with Gasteiger partial charge in [0.1, 0.15) is 17.1 Å². The Hall–Kier alpha value is -1.48. The minimum Gasteiger partial charge on any atom is -0.507 e. The summed E-state index contributed by atoms with van der Waals surface area (Å²) >= 11 is 0. The molecule has 2 heterocycles. The third-order valence-corrected chi connectivity index (χ3v) is 6.36. The van der Waals surface area contributed by atoms with Crippen molar-refractivity contribution < 1.29 is 9.84 Å². The van der Waals surface area contributed by atoms with E-state index in [9.17, 15) is 5.11 Å². The number of phenolic OH excluding ortho intramolecular Hbond substituents is 1. The second-order valence-corrected chi connectivity index (χ2v) is 8.67. The number of hydrogen-bond donors (Lipinski definition) is 2. The van der Waals surface area contributed by atoms with Gasteiger partial charge >= 0.3 is 0 Å². The standard InChI is InChI=1S/C23H35NO2/c1-6-7-8-9-15(2)16(3)17-12-20(25)22-18-14-24-11-10-19(18)23(4,5)26-21(22)13-17/h12-13,15-16,24-25H,6-11,14H2,1-5H3. The van der Waals surface area contributed by atoms with Crippen molar-refractivity contribution in [2.75, 3.05) is 13.1 Å². The predicted octanol–water partition coefficient (Wildman–Crippen LogP) is 5.63. The molecule has 0 aliphatic carbocycles. The summed E-state index contributed by atoms with van der Waals surface area (Å²) in [5.41, 5.74) is 4.35. The first-order valence-electron chi connectivity index (χ1n) is 10.3. The minimum atomic E-state index is -0.300. The summed E-state index contributed by atoms with van der Waals surface area (Å²) in [6, 6.07) is 4.15. The van der Waals surface area contributed by atoms with Crippen LogP contribution in [-0.2, 0) is 0 Å². The van der Waals surface area contributed by atoms with Gasteiger partial charge in [-0.3, -0.25) is 0 Å². The Bertz CT molecular complexity index is 690. The van der Waals surface area contributed by atoms with Crippen LogP contribution >= 0.6 is 0 Å². The van der Waals surface area contributed by atoms with E-state index in [1.807, 2.05) is 6.07 Å². The molecule has 2 N–H and O–H groups in total. The molecule has 0 fully saturated rings. The second-order valence-electron chi connectivity index (χ2n) is 8.67. The molecule has 0 saturated heterocycles. The van der Waals surface area contributed by atoms with Crippen LogP contribution < -0.4 is 10.1 Å². The molecule has 2 atom stereocenters. The molecule has 0 radical (unpaired) electrons. The van der Waals surface area contributed by atoms with Crippen molar-refractivity contribution in [3.05, 3.63) is 28.8 Å². The number of rotatable bonds is 6. The summed E-state index contributed by atoms with van der Waals surface area (Å²) in [6.45, 7) is 12.9. The van der Waals surface area contributed by atoms with Crippen LogP contribution in [0.25, 0.3) is 5.57 Å². The molecule has 2 aliphatic rings. The van der Waals surface area contributed by atoms with Gasteiger partial charge in [-0.05, 0) is 67.5 Å². The van der Waals surface area contributed by atoms with Crippen molar-refractivity contribution in [3.8, 4) is 11.5 Å². The summed E-state index contributed by atoms with van der Waals surface area (Å²) in [6.07, 6.45) is 6.06. The minimum absolute atomic E-state index is 0.300. The van der Waals surface area contributed by atoms with Gasteiger partial charge in [-0.15, -0.1) is 0 Å². The van der Waals surface area contributed by atoms with Gasteiger partial charge in [0.05, 0.1) is 5.56 Å². The van der Waals surface area contributed by atoms with Gasteiger partial charge in [0.2, 0.25) is 0 Å². The van der Waals surface area contributed by atoms with Gasteiger partial charge in [-0.1, -0.05) is 46.5 Å². The fraction of sp³-hybridized carbons (Fsp3) is 0.652. The third-order valence-electron chi connectivity index (χ3n) is 6.36. The molecule has 1 aromatic carbocycles. The van der Waals surface area contributed by atoms with Crippen LogP contribution in [-0.4, -0.2) is 23.8 Å². The van der Waals surface area contributed by atoms with E-state index in [0.29, 0.717) is 17.6 Å². The molecule has 2 unspecified atom stereocenters. The second kappa shape index (κ2) is 7.64. The summed E-state index contributed by atoms with van der Waals surface area (Å²) in [5.74, 6) is 2.23. The molecule has 0 amide bonds. The maximum Gasteiger partial charge on any atom is 0.132 e. The van der Waals surface area contributed by atoms with E-state index in [-0.39, 0.29) is 5.60 Å². The lowest BCUT2D eigenvalue weighted by atomic mass is 9.80. The normalized spacial score (nSPS) is 20.8. The number of phenols is 1. The van der Waals surface area contributed by atoms with Gasteiger partial charge < -0.3 is 15.2 Å². The van der Waals surface area contributed by atoms with Crippen molar-refractivity contribution in [1.82, 2.24) is 5.32 Å². The number of nitrogens with one attached hydrogen (secondary N) is 1. The largest absolute Gasteiger partial charge is 0.507 e. The monoisotopic (exact) mass is 357 g/mol. The molecule has 26 heavy (non-hydrogen) atoms. The summed E-state index contributed by atoms with van der Waals surface area (Å²) in [5, 5.41) is 14.3. The van der Waals surface area contributed by atoms with Crippen molar-refractivity contribution in [1.29, 1.82) is 0 Å². The Morgan fingerprint density at radius 2 is 2.00 bits per heavy atom. The molecular weight excluding hydrogens is 322 g/mol. The molecule has 1 aromatic rings. The maximum absolute atomic E-state index is 10.8. The SMILES string of the molecule is CCCCCC(C)C(C)c1cc(O)c2c(c1)OC(C)(C)C1=C2CNCC1. The van der Waals surface area contributed by atoms with E-state index in [1.54, 1.807) is 0 Å². The molecule has 144 valence electrons. The van der Waals surface area contributed by atoms with E-state index in [2.05, 4.69) is 46.0 Å². The molecule has 3 heteroatoms. The molecule has 2 aliphatic heterocycles. The molecule has 3 rings (SSSR count). The van der Waals surface area contributed by atoms with Gasteiger partial charge in [0.15, 0.2) is 0 Å². The maximum atomic E-state index is 10.8. The summed E-state index contributed by atoms with van der Waals surface area (Å²) in [7, 11) is 0. The molecule has 0 saturated carbocycles. The predicted molar refractivity (Wildman–Crippen MR) is 109 cm³/mol. The molecule has 0 aromatic heterocycles. The zero-order valence-corrected chi connectivity index (χ0v) is 17.1. The van der Waals surface area contributed by atoms with Crippen LogP contribution in [0.1, 0.15) is 83.8 Å². The number of benzene rings is 1. The third kappa shape index (κ3) is 3.64. The first kappa shape index (κ1) is 19.3. The average molecular weight is 358 g/mol. The van der Waals surface area contributed by atoms with Crippen LogP contribution in [0.5, 0.6) is 11.5 Å². The topological polar surface area (TPSA) is 41.5 Å². The summed E-state index contributed by atoms with van der Waals surface area (Å²) < 4.78 is 6.39. The first-order valence-corrected chi connectivity index (χ1v) is 10.3. The average Bonchev–Trinajstić information content (AvgIpc) is 2.60. The summed E-state index contributed by atoms with van der Waals surface area (Å²) in [4.78, 5) is 0. The Morgan fingerprint density at radius 1 is 1.23 bits per heavy atom. The van der Waals surface area contributed by atoms with Gasteiger partial charge in [-0.25, -0.2) is 0 Å². The number of unbranched alkanes of at least 4 members (excludes halogenated alkanes) is 2. The first-order chi connectivity index (χ1) is 12.3. The molecule has 0 bridgehead atoms. The highest BCUT2D eigenvalue weighted by atomic mass is 16.5. The zero-order chi connectivity index (χ0) is 18.9. The van der Waals surface area contributed by atoms with E-state index >= 15 is 0 Å². The fourth-order valence-corrected chi connectivity index (χ4v) is 4.49. The van der Waals surface area contributed by atoms with Crippen molar-refractivity contribution in [2.45, 2.75) is 78.2 Å². The van der Waals surface area contributed by atoms with Crippen LogP contribution in [0.2, 0.25) is 0 Å². The smallest absolute Gasteiger partial charge is 0.132 e. The van der Waals surface area contributed by atoms with E-state index in [4.69, 9.17) is 4.74 Å². The fourth-order valence-electron chi connectivity index (χ4n) is 4.49. The van der Waals surface area contributed by atoms with Gasteiger partial charge in [0.25, 0.3) is 0 Å². The Kier molecular flexibility index (Phi) is 5.67. The van der Waals surface area contributed by atoms with Crippen LogP contribution in [0.15, 0.2) is 17.7 Å². The molecular formula is C23H35NO2. The van der Waals surface area contributed by atoms with Crippen molar-refractivity contribution in [2.24, 2.45) is 5.92 Å². The zero-order valence-electron chi connectivity index (χ0n) is 17.1. The number of fused-ring (bicyclic) bond motifs is 2. The lowest BCUT2D eigenvalue weighted by Gasteiger charge is -2.40. The quantitative estimate of drug-likeness (QED) is 0.648. The number of ether oxygens (including phenoxy) is 1. The Morgan fingerprint density at radius 3 is 2.73 bits per heavy atom. The van der Waals surface area contributed by atoms with E-state index in [1.165, 1.54) is 42.4 Å². The highest BCUT2D eigenvalue weighted by Crippen LogP contribution is 2.48. The lowest BCUT2D eigenvalue weighted by Crippen LogP contribution is -2.40. The van der Waals surface area contributed by atoms with Gasteiger partial charge in [0, 0.05) is 6.54 Å². The van der Waals surface area contributed by atoms with E-state index < -0.39 is 0 Å². The van der Waals surface area contributed by atoms with Crippen molar-refractivity contribution >= 4 is 5.57 Å². The lowest BCUT2D eigenvalue weighted by molar-refractivity contribution is 0.137. The van der Waals surface area contributed by atoms with Crippen molar-refractivity contribution in [3.63, 3.8) is 0 Å². The van der Waals surface area contributed by atoms with E-state index in [0.717, 1.165) is 30.8 Å².